The molecule has 0 aliphatic carbocycles. The van der Waals surface area contributed by atoms with E-state index in [1.54, 1.807) is 42.9 Å². The van der Waals surface area contributed by atoms with E-state index in [0.717, 1.165) is 0 Å². The maximum absolute atomic E-state index is 13.0. The average molecular weight is 422 g/mol. The molecule has 0 radical (unpaired) electrons. The second-order valence-electron chi connectivity index (χ2n) is 6.97. The van der Waals surface area contributed by atoms with Gasteiger partial charge in [-0.05, 0) is 44.2 Å². The lowest BCUT2D eigenvalue weighted by molar-refractivity contribution is -0.117. The molecule has 3 rings (SSSR count). The van der Waals surface area contributed by atoms with E-state index < -0.39 is 5.91 Å². The monoisotopic (exact) mass is 422 g/mol. The molecule has 2 N–H and O–H groups in total. The van der Waals surface area contributed by atoms with Crippen LogP contribution in [0.25, 0.3) is 5.69 Å². The number of nitrogens with zero attached hydrogens (tertiary/aromatic N) is 2. The Balaban J connectivity index is 1.78. The standard InChI is InChI=1S/C23H26N4O4/c1-4-31-14-13-20(28)24-18-10-8-9-17(15-18)22(29)25-21-16(2)26(3)27(23(21)30)19-11-6-5-7-12-19/h5-12,15H,4,13-14H2,1-3H3,(H,24,28)(H,25,29). The van der Waals surface area contributed by atoms with Gasteiger partial charge in [-0.2, -0.15) is 0 Å². The van der Waals surface area contributed by atoms with Crippen LogP contribution in [0.5, 0.6) is 0 Å². The fourth-order valence-corrected chi connectivity index (χ4v) is 3.17. The molecule has 2 aromatic carbocycles. The summed E-state index contributed by atoms with van der Waals surface area (Å²) in [6, 6.07) is 15.8. The summed E-state index contributed by atoms with van der Waals surface area (Å²) < 4.78 is 8.37. The molecule has 0 aliphatic rings. The van der Waals surface area contributed by atoms with Crippen molar-refractivity contribution in [1.82, 2.24) is 9.36 Å². The van der Waals surface area contributed by atoms with Crippen LogP contribution in [0.2, 0.25) is 0 Å². The molecule has 162 valence electrons. The summed E-state index contributed by atoms with van der Waals surface area (Å²) in [7, 11) is 1.76. The SMILES string of the molecule is CCOCCC(=O)Nc1cccc(C(=O)Nc2c(C)n(C)n(-c3ccccc3)c2=O)c1. The molecule has 8 nitrogen and oxygen atoms in total. The van der Waals surface area contributed by atoms with Crippen LogP contribution in [0.15, 0.2) is 59.4 Å². The van der Waals surface area contributed by atoms with E-state index in [0.29, 0.717) is 35.8 Å². The highest BCUT2D eigenvalue weighted by molar-refractivity contribution is 6.05. The lowest BCUT2D eigenvalue weighted by atomic mass is 10.2. The van der Waals surface area contributed by atoms with E-state index in [4.69, 9.17) is 4.74 Å². The van der Waals surface area contributed by atoms with Gasteiger partial charge in [0.25, 0.3) is 11.5 Å². The Morgan fingerprint density at radius 1 is 1.03 bits per heavy atom. The highest BCUT2D eigenvalue weighted by atomic mass is 16.5. The van der Waals surface area contributed by atoms with Crippen molar-refractivity contribution in [2.75, 3.05) is 23.8 Å². The van der Waals surface area contributed by atoms with Gasteiger partial charge >= 0.3 is 0 Å². The number of ether oxygens (including phenoxy) is 1. The van der Waals surface area contributed by atoms with Gasteiger partial charge in [0.2, 0.25) is 5.91 Å². The lowest BCUT2D eigenvalue weighted by Gasteiger charge is -2.08. The molecule has 8 heteroatoms. The summed E-state index contributed by atoms with van der Waals surface area (Å²) in [5, 5.41) is 5.47. The first-order valence-corrected chi connectivity index (χ1v) is 10.1. The minimum atomic E-state index is -0.434. The number of nitrogens with one attached hydrogen (secondary N) is 2. The first-order valence-electron chi connectivity index (χ1n) is 10.1. The Bertz CT molecular complexity index is 1130. The number of amides is 2. The summed E-state index contributed by atoms with van der Waals surface area (Å²) in [6.07, 6.45) is 0.229. The molecule has 0 fully saturated rings. The number of anilines is 2. The van der Waals surface area contributed by atoms with Crippen molar-refractivity contribution in [3.63, 3.8) is 0 Å². The van der Waals surface area contributed by atoms with Crippen LogP contribution in [0.1, 0.15) is 29.4 Å². The van der Waals surface area contributed by atoms with Crippen LogP contribution in [0, 0.1) is 6.92 Å². The van der Waals surface area contributed by atoms with Crippen LogP contribution in [-0.2, 0) is 16.6 Å². The van der Waals surface area contributed by atoms with Crippen molar-refractivity contribution in [2.24, 2.45) is 7.05 Å². The van der Waals surface area contributed by atoms with Gasteiger partial charge in [0, 0.05) is 24.9 Å². The number of carbonyl (C=O) groups excluding carboxylic acids is 2. The van der Waals surface area contributed by atoms with Crippen LogP contribution < -0.4 is 16.2 Å². The molecule has 31 heavy (non-hydrogen) atoms. The second-order valence-corrected chi connectivity index (χ2v) is 6.97. The van der Waals surface area contributed by atoms with Crippen molar-refractivity contribution >= 4 is 23.2 Å². The molecule has 1 heterocycles. The molecule has 3 aromatic rings. The van der Waals surface area contributed by atoms with Crippen LogP contribution in [0.3, 0.4) is 0 Å². The largest absolute Gasteiger partial charge is 0.381 e. The number of hydrogen-bond donors (Lipinski definition) is 2. The number of para-hydroxylation sites is 1. The smallest absolute Gasteiger partial charge is 0.295 e. The van der Waals surface area contributed by atoms with Gasteiger partial charge in [-0.3, -0.25) is 19.1 Å². The molecule has 1 aromatic heterocycles. The van der Waals surface area contributed by atoms with E-state index in [1.807, 2.05) is 37.3 Å². The van der Waals surface area contributed by atoms with E-state index >= 15 is 0 Å². The number of rotatable bonds is 8. The first-order chi connectivity index (χ1) is 14.9. The Morgan fingerprint density at radius 3 is 2.48 bits per heavy atom. The van der Waals surface area contributed by atoms with Crippen molar-refractivity contribution in [3.8, 4) is 5.69 Å². The third kappa shape index (κ3) is 5.10. The third-order valence-electron chi connectivity index (χ3n) is 4.88. The fourth-order valence-electron chi connectivity index (χ4n) is 3.17. The molecule has 0 saturated carbocycles. The summed E-state index contributed by atoms with van der Waals surface area (Å²) in [5.74, 6) is -0.632. The third-order valence-corrected chi connectivity index (χ3v) is 4.88. The Morgan fingerprint density at radius 2 is 1.77 bits per heavy atom. The zero-order valence-corrected chi connectivity index (χ0v) is 17.8. The van der Waals surface area contributed by atoms with E-state index in [-0.39, 0.29) is 23.6 Å². The van der Waals surface area contributed by atoms with Crippen molar-refractivity contribution in [3.05, 3.63) is 76.2 Å². The Hall–Kier alpha value is -3.65. The van der Waals surface area contributed by atoms with Crippen LogP contribution in [0.4, 0.5) is 11.4 Å². The van der Waals surface area contributed by atoms with Crippen LogP contribution in [-0.4, -0.2) is 34.4 Å². The number of aromatic nitrogens is 2. The molecule has 0 bridgehead atoms. The molecule has 0 aliphatic heterocycles. The normalized spacial score (nSPS) is 10.7. The van der Waals surface area contributed by atoms with Crippen molar-refractivity contribution in [2.45, 2.75) is 20.3 Å². The average Bonchev–Trinajstić information content (AvgIpc) is 2.97. The first kappa shape index (κ1) is 22.0. The summed E-state index contributed by atoms with van der Waals surface area (Å²) >= 11 is 0. The van der Waals surface area contributed by atoms with E-state index in [2.05, 4.69) is 10.6 Å². The molecular formula is C23H26N4O4. The minimum Gasteiger partial charge on any atom is -0.381 e. The molecule has 0 saturated heterocycles. The summed E-state index contributed by atoms with van der Waals surface area (Å²) in [6.45, 7) is 4.52. The maximum atomic E-state index is 13.0. The van der Waals surface area contributed by atoms with Crippen LogP contribution >= 0.6 is 0 Å². The van der Waals surface area contributed by atoms with Gasteiger partial charge in [-0.1, -0.05) is 24.3 Å². The van der Waals surface area contributed by atoms with Gasteiger partial charge in [0.15, 0.2) is 0 Å². The Kier molecular flexibility index (Phi) is 7.04. The second kappa shape index (κ2) is 9.90. The topological polar surface area (TPSA) is 94.4 Å². The van der Waals surface area contributed by atoms with Gasteiger partial charge in [0.05, 0.1) is 24.4 Å². The fraction of sp³-hybridized carbons (Fsp3) is 0.261. The number of hydrogen-bond acceptors (Lipinski definition) is 4. The quantitative estimate of drug-likeness (QED) is 0.546. The van der Waals surface area contributed by atoms with E-state index in [1.165, 1.54) is 4.68 Å². The number of carbonyl (C=O) groups is 2. The minimum absolute atomic E-state index is 0.198. The predicted octanol–water partition coefficient (Wildman–Crippen LogP) is 3.10. The van der Waals surface area contributed by atoms with Crippen molar-refractivity contribution in [1.29, 1.82) is 0 Å². The van der Waals surface area contributed by atoms with Gasteiger partial charge in [-0.15, -0.1) is 0 Å². The predicted molar refractivity (Wildman–Crippen MR) is 120 cm³/mol. The lowest BCUT2D eigenvalue weighted by Crippen LogP contribution is -2.23. The molecule has 2 amide bonds. The Labute approximate surface area is 180 Å². The maximum Gasteiger partial charge on any atom is 0.295 e. The molecule has 0 spiro atoms. The van der Waals surface area contributed by atoms with E-state index in [9.17, 15) is 14.4 Å². The number of benzene rings is 2. The molecule has 0 unspecified atom stereocenters. The zero-order valence-electron chi connectivity index (χ0n) is 17.8. The zero-order chi connectivity index (χ0) is 22.4. The molecule has 0 atom stereocenters. The van der Waals surface area contributed by atoms with Crippen molar-refractivity contribution < 1.29 is 14.3 Å². The van der Waals surface area contributed by atoms with Gasteiger partial charge < -0.3 is 15.4 Å². The summed E-state index contributed by atoms with van der Waals surface area (Å²) in [5.41, 5.74) is 2.05. The highest BCUT2D eigenvalue weighted by Gasteiger charge is 2.19. The van der Waals surface area contributed by atoms with Gasteiger partial charge in [0.1, 0.15) is 5.69 Å². The summed E-state index contributed by atoms with van der Waals surface area (Å²) in [4.78, 5) is 37.8. The van der Waals surface area contributed by atoms with Gasteiger partial charge in [-0.25, -0.2) is 4.68 Å². The molecular weight excluding hydrogens is 396 g/mol. The highest BCUT2D eigenvalue weighted by Crippen LogP contribution is 2.17.